The predicted molar refractivity (Wildman–Crippen MR) is 97.4 cm³/mol. The molecule has 0 saturated carbocycles. The van der Waals surface area contributed by atoms with E-state index in [1.165, 1.54) is 4.68 Å². The van der Waals surface area contributed by atoms with Crippen LogP contribution < -0.4 is 25.1 Å². The van der Waals surface area contributed by atoms with Crippen molar-refractivity contribution in [2.24, 2.45) is 0 Å². The fourth-order valence-electron chi connectivity index (χ4n) is 2.55. The molecule has 1 unspecified atom stereocenters. The van der Waals surface area contributed by atoms with Crippen molar-refractivity contribution in [1.29, 1.82) is 0 Å². The molecule has 1 amide bonds. The number of thioether (sulfide) groups is 1. The molecule has 1 aromatic heterocycles. The fraction of sp³-hybridized carbons (Fsp3) is 0.167. The van der Waals surface area contributed by atoms with E-state index in [2.05, 4.69) is 10.6 Å². The van der Waals surface area contributed by atoms with Crippen LogP contribution in [0.2, 0.25) is 0 Å². The number of H-pyrrole nitrogens is 1. The lowest BCUT2D eigenvalue weighted by Crippen LogP contribution is -2.37. The summed E-state index contributed by atoms with van der Waals surface area (Å²) < 4.78 is 17.0. The number of benzene rings is 2. The first-order valence-electron chi connectivity index (χ1n) is 8.18. The molecule has 0 saturated heterocycles. The van der Waals surface area contributed by atoms with Gasteiger partial charge in [-0.05, 0) is 40.8 Å². The van der Waals surface area contributed by atoms with Crippen LogP contribution in [0.5, 0.6) is 11.5 Å². The molecular weight excluding hydrogens is 370 g/mol. The van der Waals surface area contributed by atoms with Crippen LogP contribution in [0.15, 0.2) is 62.9 Å². The van der Waals surface area contributed by atoms with Crippen molar-refractivity contribution in [2.75, 3.05) is 12.1 Å². The van der Waals surface area contributed by atoms with Gasteiger partial charge in [-0.25, -0.2) is 4.79 Å². The summed E-state index contributed by atoms with van der Waals surface area (Å²) >= 11 is 1.11. The number of aromatic amines is 1. The number of anilines is 1. The molecule has 138 valence electrons. The van der Waals surface area contributed by atoms with Crippen LogP contribution in [-0.4, -0.2) is 23.2 Å². The SMILES string of the molecule is CC(Sc1c(=O)o[nH][n+]1-c1ccccc1)C(=O)Nc1ccc2c(c1)OCO2. The molecule has 1 atom stereocenters. The zero-order chi connectivity index (χ0) is 18.8. The Balaban J connectivity index is 1.49. The van der Waals surface area contributed by atoms with Gasteiger partial charge in [0.25, 0.3) is 0 Å². The van der Waals surface area contributed by atoms with Crippen molar-refractivity contribution in [3.63, 3.8) is 0 Å². The van der Waals surface area contributed by atoms with Crippen LogP contribution in [0.3, 0.4) is 0 Å². The predicted octanol–water partition coefficient (Wildman–Crippen LogP) is 2.09. The van der Waals surface area contributed by atoms with Gasteiger partial charge in [0.2, 0.25) is 18.4 Å². The first-order chi connectivity index (χ1) is 13.1. The van der Waals surface area contributed by atoms with E-state index in [-0.39, 0.29) is 17.7 Å². The van der Waals surface area contributed by atoms with Crippen molar-refractivity contribution in [3.05, 3.63) is 59.0 Å². The summed E-state index contributed by atoms with van der Waals surface area (Å²) in [4.78, 5) is 24.6. The minimum atomic E-state index is -0.538. The zero-order valence-electron chi connectivity index (χ0n) is 14.3. The third kappa shape index (κ3) is 3.54. The van der Waals surface area contributed by atoms with Crippen molar-refractivity contribution in [3.8, 4) is 17.2 Å². The number of para-hydroxylation sites is 1. The Labute approximate surface area is 158 Å². The summed E-state index contributed by atoms with van der Waals surface area (Å²) in [5.41, 5.74) is 0.787. The van der Waals surface area contributed by atoms with Crippen LogP contribution in [0.1, 0.15) is 6.92 Å². The quantitative estimate of drug-likeness (QED) is 0.515. The normalized spacial score (nSPS) is 13.4. The molecule has 27 heavy (non-hydrogen) atoms. The number of amides is 1. The number of carbonyl (C=O) groups excluding carboxylic acids is 1. The van der Waals surface area contributed by atoms with Gasteiger partial charge in [-0.1, -0.05) is 18.2 Å². The lowest BCUT2D eigenvalue weighted by Gasteiger charge is -2.10. The second-order valence-corrected chi connectivity index (χ2v) is 7.10. The van der Waals surface area contributed by atoms with Crippen molar-refractivity contribution in [1.82, 2.24) is 5.27 Å². The first-order valence-corrected chi connectivity index (χ1v) is 9.06. The van der Waals surface area contributed by atoms with E-state index in [9.17, 15) is 9.59 Å². The van der Waals surface area contributed by atoms with Gasteiger partial charge in [-0.3, -0.25) is 9.32 Å². The van der Waals surface area contributed by atoms with Gasteiger partial charge in [0.1, 0.15) is 0 Å². The molecular formula is C18H16N3O5S+. The Morgan fingerprint density at radius 1 is 1.19 bits per heavy atom. The largest absolute Gasteiger partial charge is 0.454 e. The molecule has 0 spiro atoms. The third-order valence-electron chi connectivity index (χ3n) is 3.92. The maximum absolute atomic E-state index is 12.5. The van der Waals surface area contributed by atoms with Crippen molar-refractivity contribution >= 4 is 23.4 Å². The summed E-state index contributed by atoms with van der Waals surface area (Å²) in [7, 11) is 0. The molecule has 1 aliphatic rings. The first kappa shape index (κ1) is 17.2. The highest BCUT2D eigenvalue weighted by molar-refractivity contribution is 8.00. The highest BCUT2D eigenvalue weighted by Gasteiger charge is 2.29. The maximum Gasteiger partial charge on any atom is 0.442 e. The molecule has 0 aliphatic carbocycles. The highest BCUT2D eigenvalue weighted by Crippen LogP contribution is 2.34. The average Bonchev–Trinajstić information content (AvgIpc) is 3.29. The zero-order valence-corrected chi connectivity index (χ0v) is 15.1. The molecule has 8 nitrogen and oxygen atoms in total. The molecule has 1 aliphatic heterocycles. The number of nitrogens with zero attached hydrogens (tertiary/aromatic N) is 1. The van der Waals surface area contributed by atoms with Crippen LogP contribution in [0, 0.1) is 0 Å². The minimum absolute atomic E-state index is 0.168. The van der Waals surface area contributed by atoms with Gasteiger partial charge >= 0.3 is 10.7 Å². The highest BCUT2D eigenvalue weighted by atomic mass is 32.2. The van der Waals surface area contributed by atoms with E-state index in [0.29, 0.717) is 17.2 Å². The Morgan fingerprint density at radius 2 is 1.96 bits per heavy atom. The van der Waals surface area contributed by atoms with Crippen LogP contribution >= 0.6 is 11.8 Å². The Bertz CT molecular complexity index is 1030. The molecule has 0 radical (unpaired) electrons. The molecule has 2 N–H and O–H groups in total. The molecule has 2 heterocycles. The lowest BCUT2D eigenvalue weighted by molar-refractivity contribution is -0.704. The van der Waals surface area contributed by atoms with Gasteiger partial charge in [-0.2, -0.15) is 0 Å². The smallest absolute Gasteiger partial charge is 0.442 e. The van der Waals surface area contributed by atoms with E-state index in [4.69, 9.17) is 14.0 Å². The molecule has 3 aromatic rings. The summed E-state index contributed by atoms with van der Waals surface area (Å²) in [5, 5.41) is 5.12. The van der Waals surface area contributed by atoms with E-state index < -0.39 is 10.9 Å². The Hall–Kier alpha value is -3.20. The van der Waals surface area contributed by atoms with Gasteiger partial charge in [0.05, 0.1) is 5.25 Å². The standard InChI is InChI=1S/C18H15N3O5S/c1-11(16(22)19-12-7-8-14-15(9-12)25-10-24-14)27-17-18(23)26-20-21(17)13-5-3-2-4-6-13/h2-9,11H,10H2,1H3,(H-,19,20,22,23)/p+1. The van der Waals surface area contributed by atoms with Gasteiger partial charge in [0, 0.05) is 23.9 Å². The second kappa shape index (κ2) is 7.20. The number of aromatic nitrogens is 2. The minimum Gasteiger partial charge on any atom is -0.454 e. The van der Waals surface area contributed by atoms with E-state index in [1.807, 2.05) is 30.3 Å². The molecule has 2 aromatic carbocycles. The summed E-state index contributed by atoms with van der Waals surface area (Å²) in [6, 6.07) is 14.4. The summed E-state index contributed by atoms with van der Waals surface area (Å²) in [6.45, 7) is 1.89. The molecule has 0 bridgehead atoms. The number of ether oxygens (including phenoxy) is 2. The molecule has 0 fully saturated rings. The Morgan fingerprint density at radius 3 is 2.78 bits per heavy atom. The van der Waals surface area contributed by atoms with Crippen molar-refractivity contribution in [2.45, 2.75) is 17.2 Å². The summed E-state index contributed by atoms with van der Waals surface area (Å²) in [5.74, 6) is 0.977. The van der Waals surface area contributed by atoms with E-state index in [1.54, 1.807) is 25.1 Å². The lowest BCUT2D eigenvalue weighted by atomic mass is 10.2. The van der Waals surface area contributed by atoms with Gasteiger partial charge in [-0.15, -0.1) is 0 Å². The van der Waals surface area contributed by atoms with Crippen LogP contribution in [-0.2, 0) is 4.79 Å². The number of rotatable bonds is 5. The maximum atomic E-state index is 12.5. The van der Waals surface area contributed by atoms with Gasteiger partial charge < -0.3 is 14.8 Å². The van der Waals surface area contributed by atoms with Crippen LogP contribution in [0.4, 0.5) is 5.69 Å². The topological polar surface area (TPSA) is 97.4 Å². The third-order valence-corrected chi connectivity index (χ3v) is 5.06. The fourth-order valence-corrected chi connectivity index (χ4v) is 3.44. The molecule has 4 rings (SSSR count). The molecule has 9 heteroatoms. The summed E-state index contributed by atoms with van der Waals surface area (Å²) in [6.07, 6.45) is 0. The monoisotopic (exact) mass is 386 g/mol. The van der Waals surface area contributed by atoms with E-state index in [0.717, 1.165) is 17.4 Å². The van der Waals surface area contributed by atoms with Crippen LogP contribution in [0.25, 0.3) is 5.69 Å². The number of fused-ring (bicyclic) bond motifs is 1. The number of hydrogen-bond acceptors (Lipinski definition) is 6. The Kier molecular flexibility index (Phi) is 4.59. The second-order valence-electron chi connectivity index (χ2n) is 5.77. The van der Waals surface area contributed by atoms with E-state index >= 15 is 0 Å². The number of nitrogens with one attached hydrogen (secondary N) is 2. The average molecular weight is 386 g/mol. The van der Waals surface area contributed by atoms with Gasteiger partial charge in [0.15, 0.2) is 11.5 Å². The number of hydrogen-bond donors (Lipinski definition) is 2. The number of carbonyl (C=O) groups is 1. The van der Waals surface area contributed by atoms with Crippen molar-refractivity contribution < 1.29 is 23.5 Å².